The van der Waals surface area contributed by atoms with Crippen LogP contribution in [0.1, 0.15) is 18.1 Å². The highest BCUT2D eigenvalue weighted by Gasteiger charge is 2.18. The SMILES string of the molecule is Cc1nc(CC2CCOC2)no1. The van der Waals surface area contributed by atoms with Crippen LogP contribution in [-0.4, -0.2) is 23.4 Å². The summed E-state index contributed by atoms with van der Waals surface area (Å²) in [5, 5.41) is 3.84. The minimum atomic E-state index is 0.585. The van der Waals surface area contributed by atoms with Crippen molar-refractivity contribution in [1.29, 1.82) is 0 Å². The van der Waals surface area contributed by atoms with Crippen molar-refractivity contribution >= 4 is 0 Å². The highest BCUT2D eigenvalue weighted by Crippen LogP contribution is 2.16. The van der Waals surface area contributed by atoms with E-state index in [0.29, 0.717) is 11.8 Å². The van der Waals surface area contributed by atoms with Crippen molar-refractivity contribution in [3.05, 3.63) is 11.7 Å². The number of rotatable bonds is 2. The third-order valence-corrected chi connectivity index (χ3v) is 2.06. The molecule has 1 aliphatic rings. The van der Waals surface area contributed by atoms with E-state index in [1.807, 2.05) is 6.92 Å². The molecule has 0 radical (unpaired) electrons. The second kappa shape index (κ2) is 3.23. The van der Waals surface area contributed by atoms with Gasteiger partial charge < -0.3 is 9.26 Å². The van der Waals surface area contributed by atoms with Crippen molar-refractivity contribution < 1.29 is 9.26 Å². The molecule has 0 aliphatic carbocycles. The monoisotopic (exact) mass is 168 g/mol. The molecule has 0 spiro atoms. The third-order valence-electron chi connectivity index (χ3n) is 2.06. The van der Waals surface area contributed by atoms with Gasteiger partial charge in [0.15, 0.2) is 5.82 Å². The van der Waals surface area contributed by atoms with E-state index in [2.05, 4.69) is 10.1 Å². The van der Waals surface area contributed by atoms with E-state index in [1.165, 1.54) is 0 Å². The van der Waals surface area contributed by atoms with Gasteiger partial charge in [0, 0.05) is 26.6 Å². The fourth-order valence-electron chi connectivity index (χ4n) is 1.43. The lowest BCUT2D eigenvalue weighted by Crippen LogP contribution is -2.04. The summed E-state index contributed by atoms with van der Waals surface area (Å²) in [5.74, 6) is 2.04. The summed E-state index contributed by atoms with van der Waals surface area (Å²) < 4.78 is 10.1. The third kappa shape index (κ3) is 1.64. The lowest BCUT2D eigenvalue weighted by Gasteiger charge is -2.00. The van der Waals surface area contributed by atoms with Gasteiger partial charge in [0.1, 0.15) is 0 Å². The molecule has 2 rings (SSSR count). The molecule has 1 atom stereocenters. The molecule has 1 fully saturated rings. The van der Waals surface area contributed by atoms with Crippen LogP contribution in [0.15, 0.2) is 4.52 Å². The predicted molar refractivity (Wildman–Crippen MR) is 41.7 cm³/mol. The summed E-state index contributed by atoms with van der Waals surface area (Å²) in [6, 6.07) is 0. The van der Waals surface area contributed by atoms with Crippen LogP contribution in [0, 0.1) is 12.8 Å². The highest BCUT2D eigenvalue weighted by molar-refractivity contribution is 4.87. The first-order chi connectivity index (χ1) is 5.84. The van der Waals surface area contributed by atoms with Crippen molar-refractivity contribution in [3.63, 3.8) is 0 Å². The molecule has 2 heterocycles. The van der Waals surface area contributed by atoms with Gasteiger partial charge in [-0.3, -0.25) is 0 Å². The Balaban J connectivity index is 1.94. The van der Waals surface area contributed by atoms with E-state index in [-0.39, 0.29) is 0 Å². The van der Waals surface area contributed by atoms with Gasteiger partial charge in [0.2, 0.25) is 5.89 Å². The molecule has 1 aromatic heterocycles. The summed E-state index contributed by atoms with van der Waals surface area (Å²) in [6.45, 7) is 3.52. The summed E-state index contributed by atoms with van der Waals surface area (Å²) in [5.41, 5.74) is 0. The Hall–Kier alpha value is -0.900. The Morgan fingerprint density at radius 1 is 1.58 bits per heavy atom. The first-order valence-corrected chi connectivity index (χ1v) is 4.21. The van der Waals surface area contributed by atoms with E-state index in [0.717, 1.165) is 31.9 Å². The van der Waals surface area contributed by atoms with Crippen LogP contribution in [0.2, 0.25) is 0 Å². The van der Waals surface area contributed by atoms with E-state index in [4.69, 9.17) is 9.26 Å². The van der Waals surface area contributed by atoms with Crippen molar-refractivity contribution in [2.24, 2.45) is 5.92 Å². The maximum atomic E-state index is 5.25. The van der Waals surface area contributed by atoms with E-state index < -0.39 is 0 Å². The number of nitrogens with zero attached hydrogens (tertiary/aromatic N) is 2. The molecular formula is C8H12N2O2. The quantitative estimate of drug-likeness (QED) is 0.659. The van der Waals surface area contributed by atoms with Crippen molar-refractivity contribution in [3.8, 4) is 0 Å². The van der Waals surface area contributed by atoms with Crippen LogP contribution in [0.25, 0.3) is 0 Å². The molecule has 4 nitrogen and oxygen atoms in total. The van der Waals surface area contributed by atoms with Crippen LogP contribution < -0.4 is 0 Å². The maximum Gasteiger partial charge on any atom is 0.223 e. The number of ether oxygens (including phenoxy) is 1. The minimum absolute atomic E-state index is 0.585. The largest absolute Gasteiger partial charge is 0.381 e. The smallest absolute Gasteiger partial charge is 0.223 e. The summed E-state index contributed by atoms with van der Waals surface area (Å²) in [4.78, 5) is 4.14. The Bertz CT molecular complexity index is 253. The molecule has 0 N–H and O–H groups in total. The fourth-order valence-corrected chi connectivity index (χ4v) is 1.43. The van der Waals surface area contributed by atoms with Crippen molar-refractivity contribution in [2.75, 3.05) is 13.2 Å². The molecule has 1 unspecified atom stereocenters. The summed E-state index contributed by atoms with van der Waals surface area (Å²) in [6.07, 6.45) is 2.00. The molecule has 4 heteroatoms. The van der Waals surface area contributed by atoms with Gasteiger partial charge >= 0.3 is 0 Å². The van der Waals surface area contributed by atoms with Gasteiger partial charge in [-0.2, -0.15) is 4.98 Å². The molecule has 0 bridgehead atoms. The number of hydrogen-bond acceptors (Lipinski definition) is 4. The molecular weight excluding hydrogens is 156 g/mol. The van der Waals surface area contributed by atoms with Gasteiger partial charge in [0.05, 0.1) is 0 Å². The van der Waals surface area contributed by atoms with Gasteiger partial charge in [-0.1, -0.05) is 5.16 Å². The number of hydrogen-bond donors (Lipinski definition) is 0. The zero-order chi connectivity index (χ0) is 8.39. The second-order valence-electron chi connectivity index (χ2n) is 3.16. The van der Waals surface area contributed by atoms with E-state index in [1.54, 1.807) is 0 Å². The topological polar surface area (TPSA) is 48.2 Å². The lowest BCUT2D eigenvalue weighted by molar-refractivity contribution is 0.185. The number of aryl methyl sites for hydroxylation is 1. The van der Waals surface area contributed by atoms with Crippen LogP contribution in [0.3, 0.4) is 0 Å². The van der Waals surface area contributed by atoms with Crippen LogP contribution >= 0.6 is 0 Å². The van der Waals surface area contributed by atoms with Gasteiger partial charge in [-0.05, 0) is 12.3 Å². The Morgan fingerprint density at radius 3 is 3.08 bits per heavy atom. The van der Waals surface area contributed by atoms with E-state index in [9.17, 15) is 0 Å². The Morgan fingerprint density at radius 2 is 2.50 bits per heavy atom. The Kier molecular flexibility index (Phi) is 2.08. The van der Waals surface area contributed by atoms with E-state index >= 15 is 0 Å². The molecule has 0 saturated carbocycles. The molecule has 0 amide bonds. The van der Waals surface area contributed by atoms with Crippen LogP contribution in [0.5, 0.6) is 0 Å². The Labute approximate surface area is 70.9 Å². The van der Waals surface area contributed by atoms with Crippen LogP contribution in [0.4, 0.5) is 0 Å². The molecule has 1 aromatic rings. The first kappa shape index (κ1) is 7.73. The average molecular weight is 168 g/mol. The predicted octanol–water partition coefficient (Wildman–Crippen LogP) is 0.957. The molecule has 0 aromatic carbocycles. The molecule has 12 heavy (non-hydrogen) atoms. The summed E-state index contributed by atoms with van der Waals surface area (Å²) in [7, 11) is 0. The minimum Gasteiger partial charge on any atom is -0.381 e. The first-order valence-electron chi connectivity index (χ1n) is 4.21. The lowest BCUT2D eigenvalue weighted by atomic mass is 10.1. The normalized spacial score (nSPS) is 23.2. The second-order valence-corrected chi connectivity index (χ2v) is 3.16. The number of aromatic nitrogens is 2. The highest BCUT2D eigenvalue weighted by atomic mass is 16.5. The van der Waals surface area contributed by atoms with Gasteiger partial charge in [-0.15, -0.1) is 0 Å². The zero-order valence-corrected chi connectivity index (χ0v) is 7.12. The summed E-state index contributed by atoms with van der Waals surface area (Å²) >= 11 is 0. The molecule has 1 saturated heterocycles. The fraction of sp³-hybridized carbons (Fsp3) is 0.750. The van der Waals surface area contributed by atoms with Gasteiger partial charge in [0.25, 0.3) is 0 Å². The standard InChI is InChI=1S/C8H12N2O2/c1-6-9-8(10-12-6)4-7-2-3-11-5-7/h7H,2-5H2,1H3. The van der Waals surface area contributed by atoms with Crippen molar-refractivity contribution in [1.82, 2.24) is 10.1 Å². The van der Waals surface area contributed by atoms with Crippen molar-refractivity contribution in [2.45, 2.75) is 19.8 Å². The maximum absolute atomic E-state index is 5.25. The zero-order valence-electron chi connectivity index (χ0n) is 7.12. The van der Waals surface area contributed by atoms with Gasteiger partial charge in [-0.25, -0.2) is 0 Å². The molecule has 66 valence electrons. The average Bonchev–Trinajstić information content (AvgIpc) is 2.63. The van der Waals surface area contributed by atoms with Crippen LogP contribution in [-0.2, 0) is 11.2 Å². The molecule has 1 aliphatic heterocycles.